The van der Waals surface area contributed by atoms with Crippen LogP contribution in [0.15, 0.2) is 27.6 Å². The van der Waals surface area contributed by atoms with Crippen LogP contribution >= 0.6 is 27.7 Å². The first-order valence-electron chi connectivity index (χ1n) is 6.67. The first-order chi connectivity index (χ1) is 9.33. The van der Waals surface area contributed by atoms with Crippen LogP contribution in [0.1, 0.15) is 31.9 Å². The third kappa shape index (κ3) is 6.61. The fourth-order valence-electron chi connectivity index (χ4n) is 1.76. The second-order valence-electron chi connectivity index (χ2n) is 4.84. The lowest BCUT2D eigenvalue weighted by molar-refractivity contribution is 0.563. The van der Waals surface area contributed by atoms with Crippen LogP contribution in [0.3, 0.4) is 0 Å². The van der Waals surface area contributed by atoms with Crippen molar-refractivity contribution in [2.45, 2.75) is 31.2 Å². The van der Waals surface area contributed by atoms with Crippen molar-refractivity contribution in [3.05, 3.63) is 28.2 Å². The number of halogens is 1. The molecule has 1 unspecified atom stereocenters. The van der Waals surface area contributed by atoms with Crippen molar-refractivity contribution in [1.82, 2.24) is 5.32 Å². The van der Waals surface area contributed by atoms with E-state index in [2.05, 4.69) is 47.2 Å². The number of hydrogen-bond donors (Lipinski definition) is 1. The number of benzene rings is 1. The summed E-state index contributed by atoms with van der Waals surface area (Å²) < 4.78 is 23.5. The Bertz CT molecular complexity index is 532. The summed E-state index contributed by atoms with van der Waals surface area (Å²) in [6.45, 7) is 5.25. The molecule has 3 nitrogen and oxygen atoms in total. The molecular weight excluding hydrogens is 358 g/mol. The number of hydrogen-bond acceptors (Lipinski definition) is 4. The van der Waals surface area contributed by atoms with Gasteiger partial charge in [0.15, 0.2) is 0 Å². The summed E-state index contributed by atoms with van der Waals surface area (Å²) in [4.78, 5) is 1.15. The minimum Gasteiger partial charge on any atom is -0.310 e. The second kappa shape index (κ2) is 8.41. The maximum absolute atomic E-state index is 11.2. The molecule has 1 aromatic rings. The monoisotopic (exact) mass is 379 g/mol. The summed E-state index contributed by atoms with van der Waals surface area (Å²) in [5.74, 6) is 0.803. The summed E-state index contributed by atoms with van der Waals surface area (Å²) in [7, 11) is -2.90. The molecule has 0 aliphatic heterocycles. The summed E-state index contributed by atoms with van der Waals surface area (Å²) in [5.41, 5.74) is 1.21. The first-order valence-corrected chi connectivity index (χ1v) is 10.5. The lowest BCUT2D eigenvalue weighted by Crippen LogP contribution is -2.20. The molecule has 0 amide bonds. The fourth-order valence-corrected chi connectivity index (χ4v) is 4.47. The molecule has 0 fully saturated rings. The molecule has 0 spiro atoms. The molecule has 20 heavy (non-hydrogen) atoms. The molecule has 1 rings (SSSR count). The Kier molecular flexibility index (Phi) is 7.58. The van der Waals surface area contributed by atoms with Crippen molar-refractivity contribution >= 4 is 37.5 Å². The van der Waals surface area contributed by atoms with Gasteiger partial charge in [0.2, 0.25) is 0 Å². The van der Waals surface area contributed by atoms with E-state index in [0.29, 0.717) is 5.75 Å². The minimum absolute atomic E-state index is 0.212. The van der Waals surface area contributed by atoms with Crippen molar-refractivity contribution in [2.24, 2.45) is 0 Å². The molecule has 0 aliphatic carbocycles. The predicted octanol–water partition coefficient (Wildman–Crippen LogP) is 3.65. The highest BCUT2D eigenvalue weighted by atomic mass is 79.9. The van der Waals surface area contributed by atoms with E-state index < -0.39 is 9.84 Å². The van der Waals surface area contributed by atoms with Gasteiger partial charge in [-0.05, 0) is 43.7 Å². The SMILES string of the molecule is CCCNC(C)c1cc(Br)ccc1SCCS(C)(=O)=O. The van der Waals surface area contributed by atoms with E-state index in [4.69, 9.17) is 0 Å². The van der Waals surface area contributed by atoms with Crippen LogP contribution in [0.25, 0.3) is 0 Å². The zero-order valence-electron chi connectivity index (χ0n) is 12.1. The van der Waals surface area contributed by atoms with Gasteiger partial charge in [0.05, 0.1) is 5.75 Å². The molecule has 1 N–H and O–H groups in total. The van der Waals surface area contributed by atoms with Gasteiger partial charge < -0.3 is 5.32 Å². The molecule has 6 heteroatoms. The molecule has 0 aliphatic rings. The van der Waals surface area contributed by atoms with E-state index in [0.717, 1.165) is 22.3 Å². The van der Waals surface area contributed by atoms with Crippen LogP contribution in [0, 0.1) is 0 Å². The Balaban J connectivity index is 2.79. The molecule has 0 aromatic heterocycles. The zero-order valence-corrected chi connectivity index (χ0v) is 15.4. The number of sulfone groups is 1. The molecule has 0 radical (unpaired) electrons. The molecule has 0 heterocycles. The molecule has 0 saturated carbocycles. The van der Waals surface area contributed by atoms with Crippen LogP contribution in [-0.2, 0) is 9.84 Å². The van der Waals surface area contributed by atoms with Gasteiger partial charge in [0.25, 0.3) is 0 Å². The van der Waals surface area contributed by atoms with Gasteiger partial charge in [-0.15, -0.1) is 11.8 Å². The summed E-state index contributed by atoms with van der Waals surface area (Å²) in [6.07, 6.45) is 2.37. The van der Waals surface area contributed by atoms with Crippen molar-refractivity contribution in [2.75, 3.05) is 24.3 Å². The Morgan fingerprint density at radius 2 is 2.10 bits per heavy atom. The van der Waals surface area contributed by atoms with Crippen molar-refractivity contribution in [3.63, 3.8) is 0 Å². The average Bonchev–Trinajstić information content (AvgIpc) is 2.36. The van der Waals surface area contributed by atoms with Gasteiger partial charge in [-0.25, -0.2) is 8.42 Å². The number of rotatable bonds is 8. The summed E-state index contributed by atoms with van der Waals surface area (Å²) in [5, 5.41) is 3.47. The topological polar surface area (TPSA) is 46.2 Å². The van der Waals surface area contributed by atoms with Crippen molar-refractivity contribution < 1.29 is 8.42 Å². The quantitative estimate of drug-likeness (QED) is 0.700. The molecular formula is C14H22BrNO2S2. The van der Waals surface area contributed by atoms with Crippen LogP contribution < -0.4 is 5.32 Å². The standard InChI is InChI=1S/C14H22BrNO2S2/c1-4-7-16-11(2)13-10-12(15)5-6-14(13)19-8-9-20(3,17)18/h5-6,10-11,16H,4,7-9H2,1-3H3. The minimum atomic E-state index is -2.90. The van der Waals surface area contributed by atoms with Crippen LogP contribution in [-0.4, -0.2) is 32.7 Å². The number of nitrogens with one attached hydrogen (secondary N) is 1. The van der Waals surface area contributed by atoms with E-state index in [9.17, 15) is 8.42 Å². The van der Waals surface area contributed by atoms with Gasteiger partial charge in [-0.1, -0.05) is 22.9 Å². The van der Waals surface area contributed by atoms with Gasteiger partial charge in [0.1, 0.15) is 9.84 Å². The Hall–Kier alpha value is -0.0400. The molecule has 1 aromatic carbocycles. The average molecular weight is 380 g/mol. The highest BCUT2D eigenvalue weighted by Crippen LogP contribution is 2.30. The van der Waals surface area contributed by atoms with Crippen molar-refractivity contribution in [3.8, 4) is 0 Å². The normalized spacial score (nSPS) is 13.4. The van der Waals surface area contributed by atoms with E-state index in [1.54, 1.807) is 11.8 Å². The number of thioether (sulfide) groups is 1. The largest absolute Gasteiger partial charge is 0.310 e. The lowest BCUT2D eigenvalue weighted by Gasteiger charge is -2.18. The Labute approximate surface area is 135 Å². The highest BCUT2D eigenvalue weighted by Gasteiger charge is 2.12. The van der Waals surface area contributed by atoms with Gasteiger partial charge in [0, 0.05) is 27.4 Å². The van der Waals surface area contributed by atoms with Gasteiger partial charge >= 0.3 is 0 Å². The van der Waals surface area contributed by atoms with Crippen LogP contribution in [0.4, 0.5) is 0 Å². The smallest absolute Gasteiger partial charge is 0.148 e. The van der Waals surface area contributed by atoms with E-state index >= 15 is 0 Å². The Morgan fingerprint density at radius 3 is 2.70 bits per heavy atom. The van der Waals surface area contributed by atoms with Gasteiger partial charge in [-0.2, -0.15) is 0 Å². The van der Waals surface area contributed by atoms with Crippen molar-refractivity contribution in [1.29, 1.82) is 0 Å². The van der Waals surface area contributed by atoms with E-state index in [-0.39, 0.29) is 11.8 Å². The molecule has 0 bridgehead atoms. The first kappa shape index (κ1) is 18.0. The highest BCUT2D eigenvalue weighted by molar-refractivity contribution is 9.10. The molecule has 1 atom stereocenters. The third-order valence-corrected chi connectivity index (χ3v) is 5.64. The maximum atomic E-state index is 11.2. The molecule has 0 saturated heterocycles. The van der Waals surface area contributed by atoms with E-state index in [1.807, 2.05) is 6.07 Å². The Morgan fingerprint density at radius 1 is 1.40 bits per heavy atom. The summed E-state index contributed by atoms with van der Waals surface area (Å²) >= 11 is 5.10. The lowest BCUT2D eigenvalue weighted by atomic mass is 10.1. The van der Waals surface area contributed by atoms with E-state index in [1.165, 1.54) is 11.8 Å². The predicted molar refractivity (Wildman–Crippen MR) is 91.3 cm³/mol. The summed E-state index contributed by atoms with van der Waals surface area (Å²) in [6, 6.07) is 6.42. The second-order valence-corrected chi connectivity index (χ2v) is 9.15. The zero-order chi connectivity index (χ0) is 15.2. The fraction of sp³-hybridized carbons (Fsp3) is 0.571. The third-order valence-electron chi connectivity index (χ3n) is 2.85. The van der Waals surface area contributed by atoms with Crippen LogP contribution in [0.2, 0.25) is 0 Å². The molecule has 114 valence electrons. The van der Waals surface area contributed by atoms with Gasteiger partial charge in [-0.3, -0.25) is 0 Å². The van der Waals surface area contributed by atoms with Crippen LogP contribution in [0.5, 0.6) is 0 Å². The maximum Gasteiger partial charge on any atom is 0.148 e.